The maximum Gasteiger partial charge on any atom is 0.253 e. The van der Waals surface area contributed by atoms with Gasteiger partial charge in [0.2, 0.25) is 5.91 Å². The van der Waals surface area contributed by atoms with Crippen molar-refractivity contribution in [3.8, 4) is 0 Å². The fourth-order valence-corrected chi connectivity index (χ4v) is 3.22. The van der Waals surface area contributed by atoms with Gasteiger partial charge in [0.05, 0.1) is 18.4 Å². The van der Waals surface area contributed by atoms with Gasteiger partial charge in [-0.15, -0.1) is 0 Å². The van der Waals surface area contributed by atoms with Crippen molar-refractivity contribution in [1.82, 2.24) is 14.9 Å². The molecule has 132 valence electrons. The molecule has 1 aliphatic rings. The molecule has 2 aromatic rings. The van der Waals surface area contributed by atoms with Crippen LogP contribution in [-0.4, -0.2) is 22.0 Å². The summed E-state index contributed by atoms with van der Waals surface area (Å²) in [5.74, 6) is -0.0648. The fraction of sp³-hybridized carbons (Fsp3) is 0.421. The highest BCUT2D eigenvalue weighted by Gasteiger charge is 2.18. The summed E-state index contributed by atoms with van der Waals surface area (Å²) in [5, 5.41) is 2.77. The van der Waals surface area contributed by atoms with Gasteiger partial charge >= 0.3 is 0 Å². The topological polar surface area (TPSA) is 64.0 Å². The highest BCUT2D eigenvalue weighted by molar-refractivity contribution is 5.78. The fourth-order valence-electron chi connectivity index (χ4n) is 3.22. The van der Waals surface area contributed by atoms with Crippen molar-refractivity contribution >= 4 is 5.91 Å². The number of carbonyl (C=O) groups excluding carboxylic acids is 1. The number of halogens is 1. The van der Waals surface area contributed by atoms with Crippen LogP contribution in [0.4, 0.5) is 4.39 Å². The smallest absolute Gasteiger partial charge is 0.253 e. The first-order valence-corrected chi connectivity index (χ1v) is 8.69. The van der Waals surface area contributed by atoms with Gasteiger partial charge in [-0.05, 0) is 30.5 Å². The van der Waals surface area contributed by atoms with Crippen molar-refractivity contribution < 1.29 is 9.18 Å². The molecule has 1 aliphatic carbocycles. The Balaban J connectivity index is 1.49. The molecule has 25 heavy (non-hydrogen) atoms. The molecule has 5 nitrogen and oxygen atoms in total. The average Bonchev–Trinajstić information content (AvgIpc) is 3.13. The second kappa shape index (κ2) is 8.05. The molecule has 1 aromatic heterocycles. The molecule has 1 heterocycles. The number of hydrogen-bond acceptors (Lipinski definition) is 3. The summed E-state index contributed by atoms with van der Waals surface area (Å²) in [6, 6.07) is 7.46. The minimum Gasteiger partial charge on any atom is -0.354 e. The van der Waals surface area contributed by atoms with Crippen LogP contribution in [0.15, 0.2) is 41.5 Å². The van der Waals surface area contributed by atoms with Gasteiger partial charge < -0.3 is 5.32 Å². The van der Waals surface area contributed by atoms with Gasteiger partial charge in [-0.25, -0.2) is 9.37 Å². The first-order valence-electron chi connectivity index (χ1n) is 8.69. The second-order valence-electron chi connectivity index (χ2n) is 6.48. The molecular formula is C19H22FN3O2. The minimum atomic E-state index is -0.322. The number of rotatable bonds is 6. The lowest BCUT2D eigenvalue weighted by Crippen LogP contribution is -2.32. The third kappa shape index (κ3) is 4.75. The van der Waals surface area contributed by atoms with Crippen LogP contribution in [-0.2, 0) is 17.8 Å². The summed E-state index contributed by atoms with van der Waals surface area (Å²) in [6.07, 6.45) is 6.38. The van der Waals surface area contributed by atoms with Crippen LogP contribution in [0.5, 0.6) is 0 Å². The molecule has 0 spiro atoms. The van der Waals surface area contributed by atoms with Crippen LogP contribution in [0.1, 0.15) is 42.9 Å². The van der Waals surface area contributed by atoms with E-state index in [0.29, 0.717) is 19.0 Å². The summed E-state index contributed by atoms with van der Waals surface area (Å²) in [7, 11) is 0. The molecule has 0 radical (unpaired) electrons. The van der Waals surface area contributed by atoms with Crippen molar-refractivity contribution in [3.05, 3.63) is 64.1 Å². The van der Waals surface area contributed by atoms with E-state index in [-0.39, 0.29) is 23.7 Å². The lowest BCUT2D eigenvalue weighted by Gasteiger charge is -2.11. The van der Waals surface area contributed by atoms with Crippen molar-refractivity contribution in [2.45, 2.75) is 44.6 Å². The number of aromatic nitrogens is 2. The van der Waals surface area contributed by atoms with E-state index < -0.39 is 0 Å². The van der Waals surface area contributed by atoms with E-state index >= 15 is 0 Å². The van der Waals surface area contributed by atoms with Crippen molar-refractivity contribution in [1.29, 1.82) is 0 Å². The zero-order valence-electron chi connectivity index (χ0n) is 14.1. The van der Waals surface area contributed by atoms with Gasteiger partial charge in [-0.2, -0.15) is 0 Å². The van der Waals surface area contributed by atoms with E-state index in [1.807, 2.05) is 0 Å². The highest BCUT2D eigenvalue weighted by Crippen LogP contribution is 2.32. The highest BCUT2D eigenvalue weighted by atomic mass is 19.1. The summed E-state index contributed by atoms with van der Waals surface area (Å²) >= 11 is 0. The van der Waals surface area contributed by atoms with Crippen LogP contribution in [0, 0.1) is 5.82 Å². The molecule has 1 aromatic carbocycles. The zero-order valence-corrected chi connectivity index (χ0v) is 14.1. The molecule has 0 atom stereocenters. The SMILES string of the molecule is O=C(Cc1ccc(F)cc1)NCCn1cnc(C2CCCC2)cc1=O. The number of amides is 1. The maximum absolute atomic E-state index is 12.8. The van der Waals surface area contributed by atoms with E-state index in [4.69, 9.17) is 0 Å². The molecule has 6 heteroatoms. The van der Waals surface area contributed by atoms with Crippen LogP contribution in [0.25, 0.3) is 0 Å². The summed E-state index contributed by atoms with van der Waals surface area (Å²) < 4.78 is 14.4. The van der Waals surface area contributed by atoms with Crippen LogP contribution in [0.3, 0.4) is 0 Å². The molecule has 1 N–H and O–H groups in total. The first-order chi connectivity index (χ1) is 12.1. The van der Waals surface area contributed by atoms with Gasteiger partial charge in [-0.3, -0.25) is 14.2 Å². The summed E-state index contributed by atoms with van der Waals surface area (Å²) in [6.45, 7) is 0.732. The third-order valence-corrected chi connectivity index (χ3v) is 4.63. The monoisotopic (exact) mass is 343 g/mol. The van der Waals surface area contributed by atoms with Gasteiger partial charge in [0.25, 0.3) is 5.56 Å². The molecule has 0 unspecified atom stereocenters. The third-order valence-electron chi connectivity index (χ3n) is 4.63. The van der Waals surface area contributed by atoms with Crippen molar-refractivity contribution in [2.75, 3.05) is 6.54 Å². The molecule has 1 fully saturated rings. The van der Waals surface area contributed by atoms with Gasteiger partial charge in [0, 0.05) is 25.1 Å². The van der Waals surface area contributed by atoms with E-state index in [2.05, 4.69) is 10.3 Å². The average molecular weight is 343 g/mol. The number of hydrogen-bond donors (Lipinski definition) is 1. The Morgan fingerprint density at radius 3 is 2.64 bits per heavy atom. The first kappa shape index (κ1) is 17.3. The Hall–Kier alpha value is -2.50. The molecule has 1 amide bonds. The summed E-state index contributed by atoms with van der Waals surface area (Å²) in [4.78, 5) is 28.5. The maximum atomic E-state index is 12.8. The molecular weight excluding hydrogens is 321 g/mol. The predicted octanol–water partition coefficient (Wildman–Crippen LogP) is 2.40. The molecule has 0 bridgehead atoms. The van der Waals surface area contributed by atoms with Gasteiger partial charge in [0.1, 0.15) is 5.82 Å². The number of carbonyl (C=O) groups is 1. The van der Waals surface area contributed by atoms with E-state index in [9.17, 15) is 14.0 Å². The van der Waals surface area contributed by atoms with Crippen LogP contribution >= 0.6 is 0 Å². The predicted molar refractivity (Wildman–Crippen MR) is 92.8 cm³/mol. The van der Waals surface area contributed by atoms with E-state index in [1.165, 1.54) is 29.5 Å². The number of nitrogens with one attached hydrogen (secondary N) is 1. The Morgan fingerprint density at radius 2 is 1.96 bits per heavy atom. The lowest BCUT2D eigenvalue weighted by molar-refractivity contribution is -0.120. The Labute approximate surface area is 145 Å². The Bertz CT molecular complexity index is 780. The Kier molecular flexibility index (Phi) is 5.58. The summed E-state index contributed by atoms with van der Waals surface area (Å²) in [5.41, 5.74) is 1.56. The molecule has 1 saturated carbocycles. The number of nitrogens with zero attached hydrogens (tertiary/aromatic N) is 2. The largest absolute Gasteiger partial charge is 0.354 e. The van der Waals surface area contributed by atoms with Gasteiger partial charge in [0.15, 0.2) is 0 Å². The lowest BCUT2D eigenvalue weighted by atomic mass is 10.0. The molecule has 3 rings (SSSR count). The van der Waals surface area contributed by atoms with Crippen molar-refractivity contribution in [3.63, 3.8) is 0 Å². The van der Waals surface area contributed by atoms with E-state index in [0.717, 1.165) is 24.1 Å². The second-order valence-corrected chi connectivity index (χ2v) is 6.48. The number of benzene rings is 1. The van der Waals surface area contributed by atoms with Crippen molar-refractivity contribution in [2.24, 2.45) is 0 Å². The molecule has 0 aliphatic heterocycles. The van der Waals surface area contributed by atoms with E-state index in [1.54, 1.807) is 24.5 Å². The van der Waals surface area contributed by atoms with Crippen LogP contribution < -0.4 is 10.9 Å². The minimum absolute atomic E-state index is 0.0790. The Morgan fingerprint density at radius 1 is 1.24 bits per heavy atom. The standard InChI is InChI=1S/C19H22FN3O2/c20-16-7-5-14(6-8-16)11-18(24)21-9-10-23-13-22-17(12-19(23)25)15-3-1-2-4-15/h5-8,12-13,15H,1-4,9-11H2,(H,21,24). The van der Waals surface area contributed by atoms with Gasteiger partial charge in [-0.1, -0.05) is 25.0 Å². The molecule has 0 saturated heterocycles. The quantitative estimate of drug-likeness (QED) is 0.876. The zero-order chi connectivity index (χ0) is 17.6. The van der Waals surface area contributed by atoms with Crippen LogP contribution in [0.2, 0.25) is 0 Å². The normalized spacial score (nSPS) is 14.6.